The first-order chi connectivity index (χ1) is 8.65. The number of nitrogens with one attached hydrogen (secondary N) is 1. The third-order valence-corrected chi connectivity index (χ3v) is 3.71. The zero-order chi connectivity index (χ0) is 12.7. The lowest BCUT2D eigenvalue weighted by atomic mass is 10.2. The number of carbonyl (C=O) groups excluding carboxylic acids is 1. The van der Waals surface area contributed by atoms with Gasteiger partial charge in [0.1, 0.15) is 0 Å². The molecule has 0 bridgehead atoms. The first kappa shape index (κ1) is 11.7. The van der Waals surface area contributed by atoms with Crippen molar-refractivity contribution >= 4 is 11.6 Å². The lowest BCUT2D eigenvalue weighted by Gasteiger charge is -2.19. The summed E-state index contributed by atoms with van der Waals surface area (Å²) in [5.41, 5.74) is 2.90. The van der Waals surface area contributed by atoms with Gasteiger partial charge in [0.05, 0.1) is 17.4 Å². The molecule has 1 unspecified atom stereocenters. The normalized spacial score (nSPS) is 23.8. The van der Waals surface area contributed by atoms with E-state index in [0.29, 0.717) is 6.04 Å². The Bertz CT molecular complexity index is 482. The van der Waals surface area contributed by atoms with E-state index in [9.17, 15) is 4.79 Å². The van der Waals surface area contributed by atoms with Crippen molar-refractivity contribution in [3.05, 3.63) is 23.5 Å². The molecule has 1 N–H and O–H groups in total. The standard InChI is InChI=1S/C14H19N3O/c1-9-3-6-13(10(2)15-9)17-8-7-12(14(17)18)16-11-4-5-11/h3,6,11-12,16H,4-5,7-8H2,1-2H3. The van der Waals surface area contributed by atoms with Crippen molar-refractivity contribution in [1.29, 1.82) is 0 Å². The Hall–Kier alpha value is -1.42. The molecule has 1 aliphatic carbocycles. The number of anilines is 1. The van der Waals surface area contributed by atoms with Crippen LogP contribution in [-0.2, 0) is 4.79 Å². The maximum absolute atomic E-state index is 12.3. The molecule has 2 heterocycles. The highest BCUT2D eigenvalue weighted by atomic mass is 16.2. The number of hydrogen-bond acceptors (Lipinski definition) is 3. The first-order valence-electron chi connectivity index (χ1n) is 6.67. The van der Waals surface area contributed by atoms with Crippen LogP contribution in [0, 0.1) is 13.8 Å². The summed E-state index contributed by atoms with van der Waals surface area (Å²) >= 11 is 0. The molecule has 1 amide bonds. The summed E-state index contributed by atoms with van der Waals surface area (Å²) in [4.78, 5) is 18.7. The van der Waals surface area contributed by atoms with Crippen molar-refractivity contribution in [3.8, 4) is 0 Å². The molecule has 4 heteroatoms. The van der Waals surface area contributed by atoms with E-state index in [4.69, 9.17) is 0 Å². The molecule has 4 nitrogen and oxygen atoms in total. The summed E-state index contributed by atoms with van der Waals surface area (Å²) < 4.78 is 0. The molecule has 96 valence electrons. The molecule has 2 aliphatic rings. The van der Waals surface area contributed by atoms with Gasteiger partial charge in [-0.05, 0) is 45.2 Å². The molecule has 0 radical (unpaired) electrons. The minimum Gasteiger partial charge on any atom is -0.309 e. The topological polar surface area (TPSA) is 45.2 Å². The zero-order valence-electron chi connectivity index (χ0n) is 10.9. The van der Waals surface area contributed by atoms with Crippen molar-refractivity contribution in [3.63, 3.8) is 0 Å². The van der Waals surface area contributed by atoms with E-state index >= 15 is 0 Å². The van der Waals surface area contributed by atoms with Crippen LogP contribution < -0.4 is 10.2 Å². The van der Waals surface area contributed by atoms with E-state index < -0.39 is 0 Å². The van der Waals surface area contributed by atoms with Gasteiger partial charge in [0.2, 0.25) is 5.91 Å². The highest BCUT2D eigenvalue weighted by Crippen LogP contribution is 2.27. The van der Waals surface area contributed by atoms with Gasteiger partial charge in [0.25, 0.3) is 0 Å². The van der Waals surface area contributed by atoms with Crippen LogP contribution in [0.2, 0.25) is 0 Å². The number of rotatable bonds is 3. The van der Waals surface area contributed by atoms with Crippen molar-refractivity contribution in [2.75, 3.05) is 11.4 Å². The molecule has 0 aromatic carbocycles. The van der Waals surface area contributed by atoms with E-state index in [1.165, 1.54) is 12.8 Å². The maximum Gasteiger partial charge on any atom is 0.244 e. The van der Waals surface area contributed by atoms with Crippen molar-refractivity contribution in [1.82, 2.24) is 10.3 Å². The predicted octanol–water partition coefficient (Wildman–Crippen LogP) is 1.56. The lowest BCUT2D eigenvalue weighted by molar-refractivity contribution is -0.118. The monoisotopic (exact) mass is 245 g/mol. The fourth-order valence-corrected chi connectivity index (χ4v) is 2.57. The summed E-state index contributed by atoms with van der Waals surface area (Å²) in [7, 11) is 0. The van der Waals surface area contributed by atoms with Gasteiger partial charge in [-0.2, -0.15) is 0 Å². The average Bonchev–Trinajstić information content (AvgIpc) is 3.07. The summed E-state index contributed by atoms with van der Waals surface area (Å²) in [5.74, 6) is 0.204. The van der Waals surface area contributed by atoms with Gasteiger partial charge in [0.15, 0.2) is 0 Å². The minimum atomic E-state index is 0.0122. The van der Waals surface area contributed by atoms with Crippen LogP contribution in [0.15, 0.2) is 12.1 Å². The smallest absolute Gasteiger partial charge is 0.244 e. The molecule has 1 aromatic heterocycles. The third-order valence-electron chi connectivity index (χ3n) is 3.71. The van der Waals surface area contributed by atoms with Gasteiger partial charge in [-0.3, -0.25) is 9.78 Å². The minimum absolute atomic E-state index is 0.0122. The number of amides is 1. The summed E-state index contributed by atoms with van der Waals surface area (Å²) in [6.45, 7) is 4.74. The second-order valence-corrected chi connectivity index (χ2v) is 5.33. The van der Waals surface area contributed by atoms with Crippen LogP contribution in [0.4, 0.5) is 5.69 Å². The van der Waals surface area contributed by atoms with Crippen LogP contribution in [0.25, 0.3) is 0 Å². The fourth-order valence-electron chi connectivity index (χ4n) is 2.57. The third kappa shape index (κ3) is 2.12. The number of carbonyl (C=O) groups is 1. The van der Waals surface area contributed by atoms with Crippen LogP contribution in [0.5, 0.6) is 0 Å². The molecule has 0 spiro atoms. The van der Waals surface area contributed by atoms with E-state index in [1.807, 2.05) is 30.9 Å². The molecule has 1 saturated heterocycles. The Labute approximate surface area is 107 Å². The predicted molar refractivity (Wildman–Crippen MR) is 70.6 cm³/mol. The van der Waals surface area contributed by atoms with E-state index in [-0.39, 0.29) is 11.9 Å². The van der Waals surface area contributed by atoms with Gasteiger partial charge in [-0.1, -0.05) is 0 Å². The van der Waals surface area contributed by atoms with Gasteiger partial charge >= 0.3 is 0 Å². The molecule has 1 saturated carbocycles. The zero-order valence-corrected chi connectivity index (χ0v) is 10.9. The fraction of sp³-hybridized carbons (Fsp3) is 0.571. The first-order valence-corrected chi connectivity index (χ1v) is 6.67. The maximum atomic E-state index is 12.3. The van der Waals surface area contributed by atoms with Gasteiger partial charge in [0, 0.05) is 18.3 Å². The quantitative estimate of drug-likeness (QED) is 0.879. The largest absolute Gasteiger partial charge is 0.309 e. The molecule has 1 aliphatic heterocycles. The molecular formula is C14H19N3O. The summed E-state index contributed by atoms with van der Waals surface area (Å²) in [5, 5.41) is 3.42. The average molecular weight is 245 g/mol. The molecule has 18 heavy (non-hydrogen) atoms. The lowest BCUT2D eigenvalue weighted by Crippen LogP contribution is -2.39. The van der Waals surface area contributed by atoms with E-state index in [2.05, 4.69) is 10.3 Å². The number of pyridine rings is 1. The number of aromatic nitrogens is 1. The number of aryl methyl sites for hydroxylation is 2. The van der Waals surface area contributed by atoms with Crippen molar-refractivity contribution in [2.45, 2.75) is 45.2 Å². The van der Waals surface area contributed by atoms with Crippen LogP contribution in [0.1, 0.15) is 30.7 Å². The van der Waals surface area contributed by atoms with Crippen LogP contribution >= 0.6 is 0 Å². The van der Waals surface area contributed by atoms with E-state index in [1.54, 1.807) is 0 Å². The Morgan fingerprint density at radius 3 is 2.72 bits per heavy atom. The Morgan fingerprint density at radius 2 is 2.06 bits per heavy atom. The van der Waals surface area contributed by atoms with Crippen LogP contribution in [0.3, 0.4) is 0 Å². The number of hydrogen-bond donors (Lipinski definition) is 1. The second kappa shape index (κ2) is 4.35. The van der Waals surface area contributed by atoms with E-state index in [0.717, 1.165) is 30.0 Å². The van der Waals surface area contributed by atoms with Gasteiger partial charge < -0.3 is 10.2 Å². The molecular weight excluding hydrogens is 226 g/mol. The SMILES string of the molecule is Cc1ccc(N2CCC(NC3CC3)C2=O)c(C)n1. The summed E-state index contributed by atoms with van der Waals surface area (Å²) in [6, 6.07) is 4.57. The van der Waals surface area contributed by atoms with Crippen LogP contribution in [-0.4, -0.2) is 29.5 Å². The Morgan fingerprint density at radius 1 is 1.28 bits per heavy atom. The highest BCUT2D eigenvalue weighted by Gasteiger charge is 2.36. The van der Waals surface area contributed by atoms with Gasteiger partial charge in [-0.15, -0.1) is 0 Å². The molecule has 1 atom stereocenters. The Kier molecular flexibility index (Phi) is 2.82. The molecule has 2 fully saturated rings. The van der Waals surface area contributed by atoms with Crippen molar-refractivity contribution < 1.29 is 4.79 Å². The summed E-state index contributed by atoms with van der Waals surface area (Å²) in [6.07, 6.45) is 3.34. The molecule has 1 aromatic rings. The van der Waals surface area contributed by atoms with Crippen molar-refractivity contribution in [2.24, 2.45) is 0 Å². The number of nitrogens with zero attached hydrogens (tertiary/aromatic N) is 2. The second-order valence-electron chi connectivity index (χ2n) is 5.33. The molecule has 3 rings (SSSR count). The Balaban J connectivity index is 1.78. The van der Waals surface area contributed by atoms with Gasteiger partial charge in [-0.25, -0.2) is 0 Å². The highest BCUT2D eigenvalue weighted by molar-refractivity contribution is 5.99.